The standard InChI is InChI=1S/C22H22FN5O2S/c1-15-8-16(14-28(15)31(29,30)21-5-3-20(23)4-6-21)13-27-22-7-2-17(9-18(22)12-26-27)19-10-24-25-11-19/h2-7,9-12,15-16H,8,13-14H2,1H3,(H,24,25)/t15-,16+/m1/s1. The van der Waals surface area contributed by atoms with Crippen molar-refractivity contribution in [2.24, 2.45) is 5.92 Å². The van der Waals surface area contributed by atoms with Crippen LogP contribution >= 0.6 is 0 Å². The van der Waals surface area contributed by atoms with Crippen LogP contribution in [0.2, 0.25) is 0 Å². The van der Waals surface area contributed by atoms with E-state index in [-0.39, 0.29) is 16.9 Å². The van der Waals surface area contributed by atoms with Gasteiger partial charge in [-0.05, 0) is 61.2 Å². The summed E-state index contributed by atoms with van der Waals surface area (Å²) in [6, 6.07) is 11.0. The largest absolute Gasteiger partial charge is 0.285 e. The molecule has 160 valence electrons. The van der Waals surface area contributed by atoms with E-state index < -0.39 is 15.8 Å². The summed E-state index contributed by atoms with van der Waals surface area (Å²) in [6.45, 7) is 2.96. The van der Waals surface area contributed by atoms with Gasteiger partial charge >= 0.3 is 0 Å². The Kier molecular flexibility index (Phi) is 4.86. The Balaban J connectivity index is 1.35. The van der Waals surface area contributed by atoms with Crippen LogP contribution in [0.5, 0.6) is 0 Å². The van der Waals surface area contributed by atoms with Gasteiger partial charge in [-0.25, -0.2) is 12.8 Å². The summed E-state index contributed by atoms with van der Waals surface area (Å²) < 4.78 is 42.8. The molecule has 2 aromatic heterocycles. The lowest BCUT2D eigenvalue weighted by Gasteiger charge is -2.21. The van der Waals surface area contributed by atoms with Crippen molar-refractivity contribution in [1.82, 2.24) is 24.3 Å². The summed E-state index contributed by atoms with van der Waals surface area (Å²) in [5.41, 5.74) is 3.09. The van der Waals surface area contributed by atoms with Crippen LogP contribution in [-0.2, 0) is 16.6 Å². The predicted octanol–water partition coefficient (Wildman–Crippen LogP) is 3.66. The Hall–Kier alpha value is -3.04. The van der Waals surface area contributed by atoms with E-state index in [2.05, 4.69) is 21.4 Å². The topological polar surface area (TPSA) is 83.9 Å². The number of fused-ring (bicyclic) bond motifs is 1. The monoisotopic (exact) mass is 439 g/mol. The number of sulfonamides is 1. The van der Waals surface area contributed by atoms with E-state index in [4.69, 9.17) is 0 Å². The molecule has 1 N–H and O–H groups in total. The van der Waals surface area contributed by atoms with E-state index in [1.54, 1.807) is 6.20 Å². The summed E-state index contributed by atoms with van der Waals surface area (Å²) in [5, 5.41) is 12.4. The smallest absolute Gasteiger partial charge is 0.243 e. The molecule has 7 nitrogen and oxygen atoms in total. The van der Waals surface area contributed by atoms with Crippen molar-refractivity contribution in [2.45, 2.75) is 30.8 Å². The van der Waals surface area contributed by atoms with Gasteiger partial charge in [0.1, 0.15) is 5.82 Å². The Labute approximate surface area is 179 Å². The highest BCUT2D eigenvalue weighted by atomic mass is 32.2. The number of benzene rings is 2. The highest BCUT2D eigenvalue weighted by molar-refractivity contribution is 7.89. The van der Waals surface area contributed by atoms with Crippen molar-refractivity contribution < 1.29 is 12.8 Å². The van der Waals surface area contributed by atoms with E-state index in [9.17, 15) is 12.8 Å². The number of H-pyrrole nitrogens is 1. The van der Waals surface area contributed by atoms with Crippen molar-refractivity contribution in [2.75, 3.05) is 6.54 Å². The number of aromatic nitrogens is 4. The van der Waals surface area contributed by atoms with Crippen molar-refractivity contribution >= 4 is 20.9 Å². The number of hydrogen-bond donors (Lipinski definition) is 1. The van der Waals surface area contributed by atoms with E-state index in [1.165, 1.54) is 28.6 Å². The molecule has 2 atom stereocenters. The first-order chi connectivity index (χ1) is 14.9. The van der Waals surface area contributed by atoms with E-state index in [1.807, 2.05) is 36.1 Å². The first-order valence-electron chi connectivity index (χ1n) is 10.1. The molecule has 0 bridgehead atoms. The molecule has 5 rings (SSSR count). The highest BCUT2D eigenvalue weighted by Gasteiger charge is 2.38. The molecule has 0 spiro atoms. The van der Waals surface area contributed by atoms with Crippen molar-refractivity contribution in [3.8, 4) is 11.1 Å². The Morgan fingerprint density at radius 2 is 1.94 bits per heavy atom. The van der Waals surface area contributed by atoms with Gasteiger partial charge in [-0.15, -0.1) is 0 Å². The molecule has 0 radical (unpaired) electrons. The number of aromatic amines is 1. The summed E-state index contributed by atoms with van der Waals surface area (Å²) in [6.07, 6.45) is 6.21. The van der Waals surface area contributed by atoms with Crippen LogP contribution in [0.15, 0.2) is 66.0 Å². The number of halogens is 1. The van der Waals surface area contributed by atoms with Gasteiger partial charge in [0.05, 0.1) is 22.8 Å². The maximum absolute atomic E-state index is 13.2. The minimum atomic E-state index is -3.66. The zero-order valence-corrected chi connectivity index (χ0v) is 17.8. The van der Waals surface area contributed by atoms with E-state index >= 15 is 0 Å². The number of hydrogen-bond acceptors (Lipinski definition) is 4. The molecule has 1 saturated heterocycles. The van der Waals surface area contributed by atoms with Gasteiger partial charge < -0.3 is 0 Å². The number of rotatable bonds is 5. The fourth-order valence-corrected chi connectivity index (χ4v) is 6.10. The van der Waals surface area contributed by atoms with Gasteiger partial charge in [0, 0.05) is 36.3 Å². The SMILES string of the molecule is C[C@@H]1C[C@@H](Cn2ncc3cc(-c4cn[nH]c4)ccc32)CN1S(=O)(=O)c1ccc(F)cc1. The van der Waals surface area contributed by atoms with Crippen LogP contribution in [0.3, 0.4) is 0 Å². The molecular weight excluding hydrogens is 417 g/mol. The zero-order valence-electron chi connectivity index (χ0n) is 16.9. The van der Waals surface area contributed by atoms with Crippen LogP contribution in [0.25, 0.3) is 22.0 Å². The Bertz CT molecular complexity index is 1320. The predicted molar refractivity (Wildman–Crippen MR) is 115 cm³/mol. The molecule has 0 saturated carbocycles. The highest BCUT2D eigenvalue weighted by Crippen LogP contribution is 2.31. The number of nitrogens with one attached hydrogen (secondary N) is 1. The zero-order chi connectivity index (χ0) is 21.6. The van der Waals surface area contributed by atoms with E-state index in [0.29, 0.717) is 13.1 Å². The van der Waals surface area contributed by atoms with Crippen LogP contribution in [0.4, 0.5) is 4.39 Å². The second-order valence-corrected chi connectivity index (χ2v) is 9.96. The van der Waals surface area contributed by atoms with Crippen LogP contribution < -0.4 is 0 Å². The molecule has 9 heteroatoms. The maximum atomic E-state index is 13.2. The quantitative estimate of drug-likeness (QED) is 0.514. The molecule has 0 aliphatic carbocycles. The summed E-state index contributed by atoms with van der Waals surface area (Å²) >= 11 is 0. The third kappa shape index (κ3) is 3.64. The molecule has 4 aromatic rings. The van der Waals surface area contributed by atoms with Crippen LogP contribution in [0.1, 0.15) is 13.3 Å². The number of nitrogens with zero attached hydrogens (tertiary/aromatic N) is 4. The third-order valence-electron chi connectivity index (χ3n) is 5.93. The minimum absolute atomic E-state index is 0.123. The minimum Gasteiger partial charge on any atom is -0.285 e. The first kappa shape index (κ1) is 19.9. The maximum Gasteiger partial charge on any atom is 0.243 e. The molecular formula is C22H22FN5O2S. The average Bonchev–Trinajstić information content (AvgIpc) is 3.49. The lowest BCUT2D eigenvalue weighted by atomic mass is 10.1. The second kappa shape index (κ2) is 7.58. The Morgan fingerprint density at radius 3 is 2.68 bits per heavy atom. The molecule has 2 aromatic carbocycles. The van der Waals surface area contributed by atoms with Crippen LogP contribution in [-0.4, -0.2) is 45.3 Å². The summed E-state index contributed by atoms with van der Waals surface area (Å²) in [5.74, 6) is -0.311. The summed E-state index contributed by atoms with van der Waals surface area (Å²) in [7, 11) is -3.66. The van der Waals surface area contributed by atoms with Crippen molar-refractivity contribution in [3.63, 3.8) is 0 Å². The lowest BCUT2D eigenvalue weighted by molar-refractivity contribution is 0.396. The van der Waals surface area contributed by atoms with Gasteiger partial charge in [-0.2, -0.15) is 14.5 Å². The second-order valence-electron chi connectivity index (χ2n) is 8.07. The van der Waals surface area contributed by atoms with Gasteiger partial charge in [0.25, 0.3) is 0 Å². The van der Waals surface area contributed by atoms with Crippen LogP contribution in [0, 0.1) is 11.7 Å². The van der Waals surface area contributed by atoms with Gasteiger partial charge in [-0.1, -0.05) is 6.07 Å². The average molecular weight is 440 g/mol. The molecule has 0 amide bonds. The fourth-order valence-electron chi connectivity index (χ4n) is 4.38. The molecule has 1 aliphatic heterocycles. The molecule has 1 aliphatic rings. The van der Waals surface area contributed by atoms with Crippen molar-refractivity contribution in [1.29, 1.82) is 0 Å². The third-order valence-corrected chi connectivity index (χ3v) is 7.92. The fraction of sp³-hybridized carbons (Fsp3) is 0.273. The van der Waals surface area contributed by atoms with Gasteiger partial charge in [-0.3, -0.25) is 9.78 Å². The van der Waals surface area contributed by atoms with E-state index in [0.717, 1.165) is 28.5 Å². The molecule has 3 heterocycles. The first-order valence-corrected chi connectivity index (χ1v) is 11.6. The lowest BCUT2D eigenvalue weighted by Crippen LogP contribution is -2.34. The molecule has 0 unspecified atom stereocenters. The summed E-state index contributed by atoms with van der Waals surface area (Å²) in [4.78, 5) is 0.123. The van der Waals surface area contributed by atoms with Gasteiger partial charge in [0.2, 0.25) is 10.0 Å². The van der Waals surface area contributed by atoms with Crippen molar-refractivity contribution in [3.05, 3.63) is 66.9 Å². The normalized spacial score (nSPS) is 19.9. The van der Waals surface area contributed by atoms with Gasteiger partial charge in [0.15, 0.2) is 0 Å². The molecule has 1 fully saturated rings. The molecule has 31 heavy (non-hydrogen) atoms. The Morgan fingerprint density at radius 1 is 1.13 bits per heavy atom.